The van der Waals surface area contributed by atoms with Crippen LogP contribution in [0.3, 0.4) is 0 Å². The first-order chi connectivity index (χ1) is 15.2. The number of benzene rings is 2. The average Bonchev–Trinajstić information content (AvgIpc) is 2.69. The maximum Gasteiger partial charge on any atom is 0.241 e. The van der Waals surface area contributed by atoms with Crippen LogP contribution < -0.4 is 19.1 Å². The highest BCUT2D eigenvalue weighted by atomic mass is 32.2. The van der Waals surface area contributed by atoms with Crippen LogP contribution in [0.5, 0.6) is 11.5 Å². The van der Waals surface area contributed by atoms with E-state index in [9.17, 15) is 13.2 Å². The monoisotopic (exact) mass is 474 g/mol. The van der Waals surface area contributed by atoms with Crippen LogP contribution >= 0.6 is 0 Å². The summed E-state index contributed by atoms with van der Waals surface area (Å²) in [6, 6.07) is 12.5. The molecule has 0 bridgehead atoms. The maximum absolute atomic E-state index is 13.0. The largest absolute Gasteiger partial charge is 0.497 e. The minimum absolute atomic E-state index is 0.0578. The van der Waals surface area contributed by atoms with Crippen molar-refractivity contribution in [2.75, 3.05) is 24.2 Å². The van der Waals surface area contributed by atoms with E-state index in [1.807, 2.05) is 38.1 Å². The summed E-state index contributed by atoms with van der Waals surface area (Å²) in [6.07, 6.45) is 1.66. The molecule has 33 heavy (non-hydrogen) atoms. The molecule has 0 aromatic heterocycles. The molecule has 0 radical (unpaired) electrons. The molecule has 1 aliphatic heterocycles. The highest BCUT2D eigenvalue weighted by molar-refractivity contribution is 7.92. The molecule has 8 heteroatoms. The Bertz CT molecular complexity index is 1120. The number of nitrogens with zero attached hydrogens (tertiary/aromatic N) is 1. The van der Waals surface area contributed by atoms with Gasteiger partial charge in [-0.1, -0.05) is 32.9 Å². The molecular weight excluding hydrogens is 440 g/mol. The van der Waals surface area contributed by atoms with Crippen LogP contribution in [0, 0.1) is 0 Å². The van der Waals surface area contributed by atoms with Crippen LogP contribution in [-0.2, 0) is 20.2 Å². The van der Waals surface area contributed by atoms with Crippen LogP contribution in [0.25, 0.3) is 0 Å². The predicted molar refractivity (Wildman–Crippen MR) is 131 cm³/mol. The van der Waals surface area contributed by atoms with Gasteiger partial charge in [-0.05, 0) is 49.1 Å². The van der Waals surface area contributed by atoms with Crippen molar-refractivity contribution in [2.24, 2.45) is 0 Å². The van der Waals surface area contributed by atoms with Gasteiger partial charge >= 0.3 is 0 Å². The second-order valence-electron chi connectivity index (χ2n) is 10.2. The normalized spacial score (nSPS) is 17.5. The molecule has 1 amide bonds. The Morgan fingerprint density at radius 3 is 2.36 bits per heavy atom. The Labute approximate surface area is 197 Å². The number of amides is 1. The van der Waals surface area contributed by atoms with E-state index in [0.717, 1.165) is 21.7 Å². The van der Waals surface area contributed by atoms with Gasteiger partial charge in [0.15, 0.2) is 0 Å². The summed E-state index contributed by atoms with van der Waals surface area (Å²) in [5, 5.41) is 3.01. The molecular formula is C25H34N2O5S. The predicted octanol–water partition coefficient (Wildman–Crippen LogP) is 4.18. The second-order valence-corrected chi connectivity index (χ2v) is 12.1. The summed E-state index contributed by atoms with van der Waals surface area (Å²) in [6.45, 7) is 9.87. The number of anilines is 1. The van der Waals surface area contributed by atoms with Gasteiger partial charge in [0.2, 0.25) is 15.9 Å². The molecule has 1 unspecified atom stereocenters. The fourth-order valence-electron chi connectivity index (χ4n) is 3.99. The molecule has 2 aromatic carbocycles. The zero-order chi connectivity index (χ0) is 24.6. The fraction of sp³-hybridized carbons (Fsp3) is 0.480. The number of ether oxygens (including phenoxy) is 2. The summed E-state index contributed by atoms with van der Waals surface area (Å²) >= 11 is 0. The van der Waals surface area contributed by atoms with Crippen molar-refractivity contribution in [2.45, 2.75) is 58.1 Å². The third-order valence-corrected chi connectivity index (χ3v) is 6.86. The third kappa shape index (κ3) is 5.99. The summed E-state index contributed by atoms with van der Waals surface area (Å²) in [4.78, 5) is 13.0. The maximum atomic E-state index is 13.0. The van der Waals surface area contributed by atoms with Crippen LogP contribution in [-0.4, -0.2) is 39.8 Å². The van der Waals surface area contributed by atoms with Gasteiger partial charge in [-0.2, -0.15) is 0 Å². The van der Waals surface area contributed by atoms with E-state index < -0.39 is 15.6 Å². The average molecular weight is 475 g/mol. The van der Waals surface area contributed by atoms with Crippen LogP contribution in [0.4, 0.5) is 5.69 Å². The van der Waals surface area contributed by atoms with E-state index in [2.05, 4.69) is 26.1 Å². The number of carbonyl (C=O) groups is 1. The summed E-state index contributed by atoms with van der Waals surface area (Å²) in [5.41, 5.74) is 1.82. The van der Waals surface area contributed by atoms with E-state index >= 15 is 0 Å². The molecule has 0 saturated heterocycles. The number of carbonyl (C=O) groups excluding carboxylic acids is 1. The Hall–Kier alpha value is -2.74. The standard InChI is InChI=1S/C25H34N2O5S/c1-24(2,3)17-8-10-18(11-9-17)27(33(7,29)30)16-23(28)26-21-15-25(4,5)32-22-14-19(31-6)12-13-20(21)22/h8-14,21H,15-16H2,1-7H3,(H,26,28). The summed E-state index contributed by atoms with van der Waals surface area (Å²) in [7, 11) is -2.08. The number of methoxy groups -OCH3 is 1. The first-order valence-corrected chi connectivity index (χ1v) is 12.8. The van der Waals surface area contributed by atoms with Crippen LogP contribution in [0.2, 0.25) is 0 Å². The van der Waals surface area contributed by atoms with Gasteiger partial charge < -0.3 is 14.8 Å². The van der Waals surface area contributed by atoms with E-state index in [1.54, 1.807) is 25.3 Å². The zero-order valence-corrected chi connectivity index (χ0v) is 21.2. The molecule has 0 spiro atoms. The van der Waals surface area contributed by atoms with Gasteiger partial charge in [-0.15, -0.1) is 0 Å². The van der Waals surface area contributed by atoms with Crippen molar-refractivity contribution < 1.29 is 22.7 Å². The Morgan fingerprint density at radius 1 is 1.18 bits per heavy atom. The number of hydrogen-bond donors (Lipinski definition) is 1. The number of sulfonamides is 1. The SMILES string of the molecule is COc1ccc2c(c1)OC(C)(C)CC2NC(=O)CN(c1ccc(C(C)(C)C)cc1)S(C)(=O)=O. The van der Waals surface area contributed by atoms with Crippen molar-refractivity contribution in [1.29, 1.82) is 0 Å². The van der Waals surface area contributed by atoms with Gasteiger partial charge in [0.25, 0.3) is 0 Å². The van der Waals surface area contributed by atoms with E-state index in [4.69, 9.17) is 9.47 Å². The van der Waals surface area contributed by atoms with Crippen molar-refractivity contribution in [3.63, 3.8) is 0 Å². The molecule has 0 aliphatic carbocycles. The Kier molecular flexibility index (Phi) is 6.71. The lowest BCUT2D eigenvalue weighted by Crippen LogP contribution is -2.45. The minimum atomic E-state index is -3.66. The summed E-state index contributed by atoms with van der Waals surface area (Å²) in [5.74, 6) is 0.928. The lowest BCUT2D eigenvalue weighted by molar-refractivity contribution is -0.120. The Balaban J connectivity index is 1.83. The third-order valence-electron chi connectivity index (χ3n) is 5.72. The molecule has 180 valence electrons. The van der Waals surface area contributed by atoms with Gasteiger partial charge in [-0.3, -0.25) is 9.10 Å². The smallest absolute Gasteiger partial charge is 0.241 e. The number of fused-ring (bicyclic) bond motifs is 1. The summed E-state index contributed by atoms with van der Waals surface area (Å²) < 4.78 is 37.6. The molecule has 7 nitrogen and oxygen atoms in total. The lowest BCUT2D eigenvalue weighted by atomic mass is 9.87. The second kappa shape index (κ2) is 8.89. The number of rotatable bonds is 6. The molecule has 2 aromatic rings. The first kappa shape index (κ1) is 24.9. The zero-order valence-electron chi connectivity index (χ0n) is 20.4. The highest BCUT2D eigenvalue weighted by Crippen LogP contribution is 2.41. The topological polar surface area (TPSA) is 84.9 Å². The molecule has 0 saturated carbocycles. The highest BCUT2D eigenvalue weighted by Gasteiger charge is 2.35. The molecule has 1 heterocycles. The number of nitrogens with one attached hydrogen (secondary N) is 1. The van der Waals surface area contributed by atoms with E-state index in [-0.39, 0.29) is 23.9 Å². The van der Waals surface area contributed by atoms with Gasteiger partial charge in [-0.25, -0.2) is 8.42 Å². The van der Waals surface area contributed by atoms with E-state index in [1.165, 1.54) is 0 Å². The number of hydrogen-bond acceptors (Lipinski definition) is 5. The van der Waals surface area contributed by atoms with E-state index in [0.29, 0.717) is 23.6 Å². The molecule has 3 rings (SSSR count). The molecule has 1 N–H and O–H groups in total. The minimum Gasteiger partial charge on any atom is -0.497 e. The Morgan fingerprint density at radius 2 is 1.82 bits per heavy atom. The fourth-order valence-corrected chi connectivity index (χ4v) is 4.84. The van der Waals surface area contributed by atoms with Crippen molar-refractivity contribution in [1.82, 2.24) is 5.32 Å². The lowest BCUT2D eigenvalue weighted by Gasteiger charge is -2.38. The van der Waals surface area contributed by atoms with Crippen molar-refractivity contribution >= 4 is 21.6 Å². The first-order valence-electron chi connectivity index (χ1n) is 10.9. The molecule has 0 fully saturated rings. The molecule has 1 aliphatic rings. The van der Waals surface area contributed by atoms with Crippen LogP contribution in [0.15, 0.2) is 42.5 Å². The quantitative estimate of drug-likeness (QED) is 0.679. The van der Waals surface area contributed by atoms with Gasteiger partial charge in [0.05, 0.1) is 25.1 Å². The molecule has 1 atom stereocenters. The van der Waals surface area contributed by atoms with Gasteiger partial charge in [0.1, 0.15) is 23.6 Å². The van der Waals surface area contributed by atoms with Crippen LogP contribution in [0.1, 0.15) is 58.2 Å². The van der Waals surface area contributed by atoms with Crippen molar-refractivity contribution in [3.05, 3.63) is 53.6 Å². The van der Waals surface area contributed by atoms with Gasteiger partial charge in [0, 0.05) is 18.1 Å². The van der Waals surface area contributed by atoms with Crippen molar-refractivity contribution in [3.8, 4) is 11.5 Å².